The van der Waals surface area contributed by atoms with Gasteiger partial charge in [-0.05, 0) is 36.8 Å². The molecule has 2 aromatic rings. The fraction of sp³-hybridized carbons (Fsp3) is 0.176. The molecule has 0 aromatic heterocycles. The topological polar surface area (TPSA) is 103 Å². The van der Waals surface area contributed by atoms with E-state index in [0.717, 1.165) is 5.56 Å². The highest BCUT2D eigenvalue weighted by Gasteiger charge is 2.09. The van der Waals surface area contributed by atoms with E-state index in [9.17, 15) is 4.79 Å². The first-order chi connectivity index (χ1) is 11.1. The Morgan fingerprint density at radius 2 is 1.83 bits per heavy atom. The van der Waals surface area contributed by atoms with Gasteiger partial charge in [0.2, 0.25) is 0 Å². The molecule has 5 N–H and O–H groups in total. The van der Waals surface area contributed by atoms with Crippen LogP contribution in [0.2, 0.25) is 0 Å². The van der Waals surface area contributed by atoms with Crippen molar-refractivity contribution in [3.05, 3.63) is 59.7 Å². The van der Waals surface area contributed by atoms with Crippen LogP contribution in [0.1, 0.15) is 22.8 Å². The van der Waals surface area contributed by atoms with Crippen LogP contribution in [0.3, 0.4) is 0 Å². The van der Waals surface area contributed by atoms with Crippen LogP contribution < -0.4 is 21.5 Å². The number of hydrogen-bond donors (Lipinski definition) is 3. The number of nitrogens with one attached hydrogen (secondary N) is 1. The highest BCUT2D eigenvalue weighted by molar-refractivity contribution is 6.05. The normalized spacial score (nSPS) is 9.96. The number of nitrogens with two attached hydrogens (primary N) is 2. The van der Waals surface area contributed by atoms with Crippen molar-refractivity contribution in [2.24, 2.45) is 16.5 Å². The average Bonchev–Trinajstić information content (AvgIpc) is 2.55. The van der Waals surface area contributed by atoms with Crippen LogP contribution in [-0.2, 0) is 6.54 Å². The van der Waals surface area contributed by atoms with Gasteiger partial charge in [0.15, 0.2) is 5.96 Å². The van der Waals surface area contributed by atoms with Gasteiger partial charge in [-0.1, -0.05) is 24.3 Å². The predicted molar refractivity (Wildman–Crippen MR) is 91.5 cm³/mol. The molecule has 0 bridgehead atoms. The van der Waals surface area contributed by atoms with Crippen LogP contribution >= 0.6 is 0 Å². The Balaban J connectivity index is 2.08. The smallest absolute Gasteiger partial charge is 0.255 e. The van der Waals surface area contributed by atoms with Crippen molar-refractivity contribution < 1.29 is 9.53 Å². The molecular weight excluding hydrogens is 292 g/mol. The van der Waals surface area contributed by atoms with Gasteiger partial charge in [0.1, 0.15) is 5.75 Å². The number of nitrogens with zero attached hydrogens (tertiary/aromatic N) is 1. The second-order valence-electron chi connectivity index (χ2n) is 4.82. The summed E-state index contributed by atoms with van der Waals surface area (Å²) in [6.07, 6.45) is 0. The first kappa shape index (κ1) is 16.4. The molecule has 6 nitrogen and oxygen atoms in total. The van der Waals surface area contributed by atoms with Gasteiger partial charge >= 0.3 is 0 Å². The first-order valence-corrected chi connectivity index (χ1v) is 7.27. The minimum Gasteiger partial charge on any atom is -0.492 e. The largest absolute Gasteiger partial charge is 0.492 e. The summed E-state index contributed by atoms with van der Waals surface area (Å²) < 4.78 is 5.49. The predicted octanol–water partition coefficient (Wildman–Crippen LogP) is 2.11. The van der Waals surface area contributed by atoms with E-state index in [4.69, 9.17) is 16.2 Å². The van der Waals surface area contributed by atoms with Gasteiger partial charge in [0.25, 0.3) is 5.91 Å². The third-order valence-electron chi connectivity index (χ3n) is 3.10. The molecule has 0 fully saturated rings. The Hall–Kier alpha value is -3.02. The minimum absolute atomic E-state index is 0.0411. The number of aliphatic imine (C=N–C) groups is 1. The lowest BCUT2D eigenvalue weighted by Gasteiger charge is -2.11. The number of para-hydroxylation sites is 2. The molecule has 2 rings (SSSR count). The zero-order chi connectivity index (χ0) is 16.7. The Morgan fingerprint density at radius 3 is 2.48 bits per heavy atom. The first-order valence-electron chi connectivity index (χ1n) is 7.27. The van der Waals surface area contributed by atoms with Gasteiger partial charge in [-0.2, -0.15) is 0 Å². The molecule has 23 heavy (non-hydrogen) atoms. The van der Waals surface area contributed by atoms with E-state index in [-0.39, 0.29) is 11.9 Å². The number of guanidine groups is 1. The molecule has 120 valence electrons. The van der Waals surface area contributed by atoms with Crippen LogP contribution in [0.4, 0.5) is 5.69 Å². The Morgan fingerprint density at radius 1 is 1.13 bits per heavy atom. The lowest BCUT2D eigenvalue weighted by molar-refractivity contribution is 0.102. The number of amides is 1. The molecule has 0 aliphatic carbocycles. The number of benzene rings is 2. The third-order valence-corrected chi connectivity index (χ3v) is 3.10. The van der Waals surface area contributed by atoms with Crippen molar-refractivity contribution in [1.82, 2.24) is 0 Å². The number of hydrogen-bond acceptors (Lipinski definition) is 3. The molecule has 0 aliphatic heterocycles. The van der Waals surface area contributed by atoms with Gasteiger partial charge in [-0.15, -0.1) is 0 Å². The number of rotatable bonds is 6. The molecule has 1 amide bonds. The monoisotopic (exact) mass is 312 g/mol. The lowest BCUT2D eigenvalue weighted by atomic mass is 10.1. The van der Waals surface area contributed by atoms with Crippen LogP contribution in [0, 0.1) is 0 Å². The molecule has 0 unspecified atom stereocenters. The van der Waals surface area contributed by atoms with E-state index < -0.39 is 0 Å². The quantitative estimate of drug-likeness (QED) is 0.561. The fourth-order valence-corrected chi connectivity index (χ4v) is 1.99. The van der Waals surface area contributed by atoms with E-state index in [1.807, 2.05) is 37.3 Å². The van der Waals surface area contributed by atoms with Gasteiger partial charge in [-0.3, -0.25) is 4.79 Å². The number of anilines is 1. The van der Waals surface area contributed by atoms with Crippen molar-refractivity contribution in [1.29, 1.82) is 0 Å². The highest BCUT2D eigenvalue weighted by atomic mass is 16.5. The summed E-state index contributed by atoms with van der Waals surface area (Å²) in [6.45, 7) is 2.82. The van der Waals surface area contributed by atoms with Gasteiger partial charge in [-0.25, -0.2) is 4.99 Å². The van der Waals surface area contributed by atoms with E-state index in [2.05, 4.69) is 10.3 Å². The summed E-state index contributed by atoms with van der Waals surface area (Å²) in [5, 5.41) is 2.85. The molecule has 0 atom stereocenters. The summed E-state index contributed by atoms with van der Waals surface area (Å²) in [5.74, 6) is 0.484. The lowest BCUT2D eigenvalue weighted by Crippen LogP contribution is -2.22. The SMILES string of the molecule is CCOc1ccccc1NC(=O)c1ccc(CN=C(N)N)cc1. The van der Waals surface area contributed by atoms with Crippen molar-refractivity contribution >= 4 is 17.6 Å². The highest BCUT2D eigenvalue weighted by Crippen LogP contribution is 2.24. The standard InChI is InChI=1S/C17H20N4O2/c1-2-23-15-6-4-3-5-14(15)21-16(22)13-9-7-12(8-10-13)11-20-17(18)19/h3-10H,2,11H2,1H3,(H,21,22)(H4,18,19,20). The summed E-state index contributed by atoms with van der Waals surface area (Å²) in [5.41, 5.74) is 12.7. The number of carbonyl (C=O) groups is 1. The second kappa shape index (κ2) is 7.84. The zero-order valence-corrected chi connectivity index (χ0v) is 13.0. The molecule has 6 heteroatoms. The molecular formula is C17H20N4O2. The average molecular weight is 312 g/mol. The zero-order valence-electron chi connectivity index (χ0n) is 13.0. The summed E-state index contributed by atoms with van der Waals surface area (Å²) in [6, 6.07) is 14.4. The fourth-order valence-electron chi connectivity index (χ4n) is 1.99. The summed E-state index contributed by atoms with van der Waals surface area (Å²) >= 11 is 0. The number of ether oxygens (including phenoxy) is 1. The molecule has 2 aromatic carbocycles. The minimum atomic E-state index is -0.203. The molecule has 0 aliphatic rings. The van der Waals surface area contributed by atoms with Crippen LogP contribution in [-0.4, -0.2) is 18.5 Å². The molecule has 0 radical (unpaired) electrons. The van der Waals surface area contributed by atoms with E-state index in [1.165, 1.54) is 0 Å². The summed E-state index contributed by atoms with van der Waals surface area (Å²) in [4.78, 5) is 16.2. The van der Waals surface area contributed by atoms with Crippen molar-refractivity contribution in [2.75, 3.05) is 11.9 Å². The molecule has 0 saturated heterocycles. The maximum atomic E-state index is 12.3. The number of carbonyl (C=O) groups excluding carboxylic acids is 1. The van der Waals surface area contributed by atoms with E-state index >= 15 is 0 Å². The summed E-state index contributed by atoms with van der Waals surface area (Å²) in [7, 11) is 0. The van der Waals surface area contributed by atoms with Crippen molar-refractivity contribution in [2.45, 2.75) is 13.5 Å². The van der Waals surface area contributed by atoms with E-state index in [1.54, 1.807) is 18.2 Å². The Kier molecular flexibility index (Phi) is 5.57. The molecule has 0 spiro atoms. The maximum Gasteiger partial charge on any atom is 0.255 e. The van der Waals surface area contributed by atoms with Crippen LogP contribution in [0.15, 0.2) is 53.5 Å². The van der Waals surface area contributed by atoms with Gasteiger partial charge in [0.05, 0.1) is 18.8 Å². The third kappa shape index (κ3) is 4.74. The molecule has 0 saturated carbocycles. The van der Waals surface area contributed by atoms with Crippen molar-refractivity contribution in [3.63, 3.8) is 0 Å². The van der Waals surface area contributed by atoms with Crippen LogP contribution in [0.5, 0.6) is 5.75 Å². The Labute approximate surface area is 135 Å². The van der Waals surface area contributed by atoms with Crippen molar-refractivity contribution in [3.8, 4) is 5.75 Å². The second-order valence-corrected chi connectivity index (χ2v) is 4.82. The maximum absolute atomic E-state index is 12.3. The van der Waals surface area contributed by atoms with E-state index in [0.29, 0.717) is 30.2 Å². The van der Waals surface area contributed by atoms with Gasteiger partial charge in [0, 0.05) is 5.56 Å². The Bertz CT molecular complexity index is 692. The van der Waals surface area contributed by atoms with Gasteiger partial charge < -0.3 is 21.5 Å². The molecule has 0 heterocycles. The van der Waals surface area contributed by atoms with Crippen LogP contribution in [0.25, 0.3) is 0 Å².